The summed E-state index contributed by atoms with van der Waals surface area (Å²) in [5, 5.41) is 18.3. The Hall–Kier alpha value is -4.01. The topological polar surface area (TPSA) is 116 Å². The lowest BCUT2D eigenvalue weighted by Gasteiger charge is -2.08. The fraction of sp³-hybridized carbons (Fsp3) is 0.261. The number of carbonyl (C=O) groups excluding carboxylic acids is 2. The number of aromatic nitrogens is 2. The molecule has 1 heterocycles. The van der Waals surface area contributed by atoms with E-state index >= 15 is 0 Å². The van der Waals surface area contributed by atoms with Crippen molar-refractivity contribution in [2.45, 2.75) is 33.9 Å². The van der Waals surface area contributed by atoms with Gasteiger partial charge >= 0.3 is 5.97 Å². The van der Waals surface area contributed by atoms with Gasteiger partial charge in [0.15, 0.2) is 6.61 Å². The van der Waals surface area contributed by atoms with Crippen LogP contribution < -0.4 is 5.32 Å². The molecule has 0 saturated heterocycles. The van der Waals surface area contributed by atoms with Crippen LogP contribution in [0.25, 0.3) is 0 Å². The third kappa shape index (κ3) is 5.37. The second kappa shape index (κ2) is 9.86. The van der Waals surface area contributed by atoms with Gasteiger partial charge < -0.3 is 10.1 Å². The average Bonchev–Trinajstić information content (AvgIpc) is 3.03. The zero-order chi connectivity index (χ0) is 23.3. The lowest BCUT2D eigenvalue weighted by atomic mass is 10.1. The maximum absolute atomic E-state index is 12.2. The van der Waals surface area contributed by atoms with Crippen molar-refractivity contribution in [1.29, 1.82) is 0 Å². The molecule has 3 rings (SSSR count). The van der Waals surface area contributed by atoms with Crippen LogP contribution in [0.15, 0.2) is 48.5 Å². The predicted molar refractivity (Wildman–Crippen MR) is 117 cm³/mol. The van der Waals surface area contributed by atoms with Crippen molar-refractivity contribution >= 4 is 17.6 Å². The maximum Gasteiger partial charge on any atom is 0.338 e. The molecule has 2 aromatic carbocycles. The van der Waals surface area contributed by atoms with E-state index in [1.165, 1.54) is 12.1 Å². The molecule has 9 nitrogen and oxygen atoms in total. The van der Waals surface area contributed by atoms with Crippen LogP contribution in [0.3, 0.4) is 0 Å². The van der Waals surface area contributed by atoms with Gasteiger partial charge in [-0.3, -0.25) is 19.6 Å². The number of benzene rings is 2. The number of aryl methyl sites for hydroxylation is 2. The van der Waals surface area contributed by atoms with E-state index in [0.717, 1.165) is 28.6 Å². The highest BCUT2D eigenvalue weighted by atomic mass is 16.6. The highest BCUT2D eigenvalue weighted by molar-refractivity contribution is 5.92. The number of nitro benzene ring substituents is 1. The number of nitro groups is 1. The molecule has 3 aromatic rings. The third-order valence-corrected chi connectivity index (χ3v) is 5.14. The third-order valence-electron chi connectivity index (χ3n) is 5.14. The monoisotopic (exact) mass is 436 g/mol. The Morgan fingerprint density at radius 2 is 1.84 bits per heavy atom. The summed E-state index contributed by atoms with van der Waals surface area (Å²) in [5.74, 6) is -1.28. The number of hydrogen-bond acceptors (Lipinski definition) is 6. The van der Waals surface area contributed by atoms with Gasteiger partial charge in [-0.1, -0.05) is 36.4 Å². The number of hydrogen-bond donors (Lipinski definition) is 1. The number of nitrogens with one attached hydrogen (secondary N) is 1. The normalized spacial score (nSPS) is 10.6. The lowest BCUT2D eigenvalue weighted by molar-refractivity contribution is -0.385. The molecule has 166 valence electrons. The van der Waals surface area contributed by atoms with Crippen LogP contribution in [0.5, 0.6) is 0 Å². The van der Waals surface area contributed by atoms with Gasteiger partial charge in [0.1, 0.15) is 0 Å². The first-order valence-electron chi connectivity index (χ1n) is 10.0. The van der Waals surface area contributed by atoms with Gasteiger partial charge in [-0.25, -0.2) is 4.79 Å². The van der Waals surface area contributed by atoms with Crippen molar-refractivity contribution in [3.8, 4) is 0 Å². The molecule has 32 heavy (non-hydrogen) atoms. The Bertz CT molecular complexity index is 1150. The second-order valence-electron chi connectivity index (χ2n) is 7.40. The molecule has 1 N–H and O–H groups in total. The minimum absolute atomic E-state index is 0.0176. The second-order valence-corrected chi connectivity index (χ2v) is 7.40. The number of amides is 1. The summed E-state index contributed by atoms with van der Waals surface area (Å²) in [5.41, 5.74) is 4.04. The van der Waals surface area contributed by atoms with Gasteiger partial charge in [-0.15, -0.1) is 0 Å². The van der Waals surface area contributed by atoms with E-state index in [4.69, 9.17) is 4.74 Å². The minimum Gasteiger partial charge on any atom is -0.452 e. The van der Waals surface area contributed by atoms with Gasteiger partial charge in [0, 0.05) is 29.4 Å². The summed E-state index contributed by atoms with van der Waals surface area (Å²) in [6.45, 7) is 5.78. The molecule has 1 aromatic heterocycles. The molecule has 0 spiro atoms. The molecule has 0 fully saturated rings. The zero-order valence-corrected chi connectivity index (χ0v) is 18.1. The molecule has 0 bridgehead atoms. The quantitative estimate of drug-likeness (QED) is 0.329. The number of ether oxygens (including phenoxy) is 1. The summed E-state index contributed by atoms with van der Waals surface area (Å²) in [6.07, 6.45) is 0. The molecule has 9 heteroatoms. The SMILES string of the molecule is Cc1ccc(C(=O)OCC(=O)NCc2c(C)nn(Cc3ccccc3)c2C)cc1[N+](=O)[O-]. The molecule has 0 unspecified atom stereocenters. The highest BCUT2D eigenvalue weighted by Crippen LogP contribution is 2.20. The number of rotatable bonds is 8. The van der Waals surface area contributed by atoms with E-state index in [1.807, 2.05) is 48.9 Å². The number of nitrogens with zero attached hydrogens (tertiary/aromatic N) is 3. The van der Waals surface area contributed by atoms with E-state index in [2.05, 4.69) is 10.4 Å². The Kier molecular flexibility index (Phi) is 6.99. The average molecular weight is 436 g/mol. The van der Waals surface area contributed by atoms with E-state index in [0.29, 0.717) is 12.1 Å². The first-order chi connectivity index (χ1) is 15.3. The van der Waals surface area contributed by atoms with Crippen molar-refractivity contribution in [2.75, 3.05) is 6.61 Å². The first-order valence-corrected chi connectivity index (χ1v) is 10.0. The summed E-state index contributed by atoms with van der Waals surface area (Å²) in [6, 6.07) is 14.0. The Labute approximate surface area is 185 Å². The molecule has 0 radical (unpaired) electrons. The molecule has 1 amide bonds. The van der Waals surface area contributed by atoms with E-state index < -0.39 is 23.4 Å². The highest BCUT2D eigenvalue weighted by Gasteiger charge is 2.17. The minimum atomic E-state index is -0.800. The van der Waals surface area contributed by atoms with Crippen LogP contribution in [-0.4, -0.2) is 33.2 Å². The van der Waals surface area contributed by atoms with Crippen molar-refractivity contribution in [1.82, 2.24) is 15.1 Å². The molecule has 0 aliphatic heterocycles. The van der Waals surface area contributed by atoms with Crippen LogP contribution in [0.4, 0.5) is 5.69 Å². The van der Waals surface area contributed by atoms with Crippen molar-refractivity contribution < 1.29 is 19.2 Å². The van der Waals surface area contributed by atoms with Gasteiger partial charge in [-0.2, -0.15) is 5.10 Å². The summed E-state index contributed by atoms with van der Waals surface area (Å²) >= 11 is 0. The molecular weight excluding hydrogens is 412 g/mol. The molecule has 0 atom stereocenters. The van der Waals surface area contributed by atoms with Crippen molar-refractivity contribution in [2.24, 2.45) is 0 Å². The summed E-state index contributed by atoms with van der Waals surface area (Å²) in [4.78, 5) is 34.8. The van der Waals surface area contributed by atoms with E-state index in [-0.39, 0.29) is 17.8 Å². The molecule has 0 aliphatic carbocycles. The van der Waals surface area contributed by atoms with Crippen LogP contribution in [0, 0.1) is 30.9 Å². The number of esters is 1. The number of carbonyl (C=O) groups is 2. The van der Waals surface area contributed by atoms with Crippen molar-refractivity contribution in [3.05, 3.63) is 92.3 Å². The Balaban J connectivity index is 1.56. The van der Waals surface area contributed by atoms with E-state index in [1.54, 1.807) is 6.92 Å². The van der Waals surface area contributed by atoms with Crippen molar-refractivity contribution in [3.63, 3.8) is 0 Å². The Morgan fingerprint density at radius 3 is 2.53 bits per heavy atom. The standard InChI is InChI=1S/C23H24N4O5/c1-15-9-10-19(11-21(15)27(30)31)23(29)32-14-22(28)24-12-20-16(2)25-26(17(20)3)13-18-7-5-4-6-8-18/h4-11H,12-14H2,1-3H3,(H,24,28). The van der Waals surface area contributed by atoms with Gasteiger partial charge in [0.05, 0.1) is 22.7 Å². The summed E-state index contributed by atoms with van der Waals surface area (Å²) in [7, 11) is 0. The predicted octanol–water partition coefficient (Wildman–Crippen LogP) is 3.24. The zero-order valence-electron chi connectivity index (χ0n) is 18.1. The van der Waals surface area contributed by atoms with Gasteiger partial charge in [0.2, 0.25) is 0 Å². The molecule has 0 aliphatic rings. The lowest BCUT2D eigenvalue weighted by Crippen LogP contribution is -2.28. The largest absolute Gasteiger partial charge is 0.452 e. The first kappa shape index (κ1) is 22.7. The van der Waals surface area contributed by atoms with Gasteiger partial charge in [0.25, 0.3) is 11.6 Å². The van der Waals surface area contributed by atoms with Gasteiger partial charge in [-0.05, 0) is 32.4 Å². The van der Waals surface area contributed by atoms with Crippen LogP contribution in [0.2, 0.25) is 0 Å². The molecular formula is C23H24N4O5. The molecule has 0 saturated carbocycles. The van der Waals surface area contributed by atoms with E-state index in [9.17, 15) is 19.7 Å². The smallest absolute Gasteiger partial charge is 0.338 e. The maximum atomic E-state index is 12.2. The fourth-order valence-electron chi connectivity index (χ4n) is 3.29. The fourth-order valence-corrected chi connectivity index (χ4v) is 3.29. The van der Waals surface area contributed by atoms with Crippen LogP contribution in [-0.2, 0) is 22.6 Å². The summed E-state index contributed by atoms with van der Waals surface area (Å²) < 4.78 is 6.89. The Morgan fingerprint density at radius 1 is 1.12 bits per heavy atom. The van der Waals surface area contributed by atoms with Crippen LogP contribution >= 0.6 is 0 Å². The van der Waals surface area contributed by atoms with Crippen LogP contribution in [0.1, 0.15) is 38.4 Å².